The van der Waals surface area contributed by atoms with Crippen LogP contribution in [0.3, 0.4) is 0 Å². The zero-order chi connectivity index (χ0) is 13.7. The maximum absolute atomic E-state index is 4.40. The summed E-state index contributed by atoms with van der Waals surface area (Å²) in [5.74, 6) is 0.801. The highest BCUT2D eigenvalue weighted by atomic mass is 15.1. The van der Waals surface area contributed by atoms with Crippen molar-refractivity contribution in [2.45, 2.75) is 46.2 Å². The van der Waals surface area contributed by atoms with Gasteiger partial charge >= 0.3 is 0 Å². The predicted molar refractivity (Wildman–Crippen MR) is 80.1 cm³/mol. The van der Waals surface area contributed by atoms with Gasteiger partial charge in [0.1, 0.15) is 0 Å². The predicted octanol–water partition coefficient (Wildman–Crippen LogP) is 2.60. The van der Waals surface area contributed by atoms with Crippen LogP contribution in [-0.2, 0) is 6.54 Å². The second-order valence-electron chi connectivity index (χ2n) is 6.04. The van der Waals surface area contributed by atoms with Crippen LogP contribution in [-0.4, -0.2) is 35.6 Å². The highest BCUT2D eigenvalue weighted by Gasteiger charge is 2.19. The molecule has 1 aromatic rings. The Hall–Kier alpha value is -0.930. The van der Waals surface area contributed by atoms with Gasteiger partial charge in [0.05, 0.1) is 0 Å². The van der Waals surface area contributed by atoms with Crippen LogP contribution in [0.5, 0.6) is 0 Å². The van der Waals surface area contributed by atoms with E-state index in [4.69, 9.17) is 0 Å². The molecule has 0 bridgehead atoms. The van der Waals surface area contributed by atoms with Gasteiger partial charge in [-0.3, -0.25) is 9.88 Å². The van der Waals surface area contributed by atoms with Crippen molar-refractivity contribution in [2.75, 3.05) is 19.6 Å². The van der Waals surface area contributed by atoms with Gasteiger partial charge in [0.25, 0.3) is 0 Å². The molecule has 2 rings (SSSR count). The largest absolute Gasteiger partial charge is 0.316 e. The third-order valence-electron chi connectivity index (χ3n) is 3.98. The fraction of sp³-hybridized carbons (Fsp3) is 0.688. The molecule has 1 N–H and O–H groups in total. The lowest BCUT2D eigenvalue weighted by Gasteiger charge is -2.32. The Morgan fingerprint density at radius 3 is 2.84 bits per heavy atom. The number of pyridine rings is 1. The molecule has 1 unspecified atom stereocenters. The first-order valence-corrected chi connectivity index (χ1v) is 7.51. The summed E-state index contributed by atoms with van der Waals surface area (Å²) in [5, 5.41) is 3.51. The van der Waals surface area contributed by atoms with Crippen LogP contribution in [0.1, 0.15) is 37.9 Å². The second kappa shape index (κ2) is 7.01. The van der Waals surface area contributed by atoms with Crippen LogP contribution in [0.25, 0.3) is 0 Å². The number of nitrogens with one attached hydrogen (secondary N) is 1. The van der Waals surface area contributed by atoms with Crippen LogP contribution < -0.4 is 5.32 Å². The average Bonchev–Trinajstić information content (AvgIpc) is 2.41. The second-order valence-corrected chi connectivity index (χ2v) is 6.04. The Labute approximate surface area is 117 Å². The number of nitrogens with zero attached hydrogens (tertiary/aromatic N) is 2. The fourth-order valence-corrected chi connectivity index (χ4v) is 2.70. The van der Waals surface area contributed by atoms with E-state index >= 15 is 0 Å². The number of piperidine rings is 1. The monoisotopic (exact) mass is 261 g/mol. The Bertz CT molecular complexity index is 366. The molecular weight excluding hydrogens is 234 g/mol. The number of aryl methyl sites for hydroxylation is 1. The molecule has 1 aromatic heterocycles. The molecule has 2 heterocycles. The molecule has 3 heteroatoms. The smallest absolute Gasteiger partial charge is 0.0372 e. The minimum Gasteiger partial charge on any atom is -0.316 e. The summed E-state index contributed by atoms with van der Waals surface area (Å²) in [5.41, 5.74) is 2.42. The average molecular weight is 261 g/mol. The molecule has 1 atom stereocenters. The van der Waals surface area contributed by atoms with Crippen molar-refractivity contribution in [1.82, 2.24) is 15.2 Å². The summed E-state index contributed by atoms with van der Waals surface area (Å²) in [7, 11) is 0. The molecule has 19 heavy (non-hydrogen) atoms. The van der Waals surface area contributed by atoms with E-state index in [0.717, 1.165) is 18.2 Å². The zero-order valence-electron chi connectivity index (χ0n) is 12.5. The molecule has 0 spiro atoms. The van der Waals surface area contributed by atoms with Gasteiger partial charge in [-0.1, -0.05) is 6.07 Å². The van der Waals surface area contributed by atoms with E-state index in [1.165, 1.54) is 38.0 Å². The first-order chi connectivity index (χ1) is 9.15. The molecule has 106 valence electrons. The summed E-state index contributed by atoms with van der Waals surface area (Å²) < 4.78 is 0. The van der Waals surface area contributed by atoms with E-state index in [2.05, 4.69) is 41.2 Å². The van der Waals surface area contributed by atoms with Gasteiger partial charge in [-0.25, -0.2) is 0 Å². The van der Waals surface area contributed by atoms with Crippen molar-refractivity contribution < 1.29 is 0 Å². The summed E-state index contributed by atoms with van der Waals surface area (Å²) in [6.07, 6.45) is 4.70. The quantitative estimate of drug-likeness (QED) is 0.883. The number of hydrogen-bond donors (Lipinski definition) is 1. The highest BCUT2D eigenvalue weighted by molar-refractivity contribution is 5.13. The van der Waals surface area contributed by atoms with Crippen LogP contribution in [0, 0.1) is 12.8 Å². The molecule has 0 amide bonds. The molecule has 0 aliphatic carbocycles. The Kier molecular flexibility index (Phi) is 5.34. The Morgan fingerprint density at radius 1 is 1.42 bits per heavy atom. The maximum Gasteiger partial charge on any atom is 0.0372 e. The van der Waals surface area contributed by atoms with Crippen molar-refractivity contribution >= 4 is 0 Å². The molecule has 0 aromatic carbocycles. The van der Waals surface area contributed by atoms with Gasteiger partial charge in [0.15, 0.2) is 0 Å². The molecule has 1 aliphatic rings. The van der Waals surface area contributed by atoms with Crippen LogP contribution in [0.4, 0.5) is 0 Å². The summed E-state index contributed by atoms with van der Waals surface area (Å²) >= 11 is 0. The Morgan fingerprint density at radius 2 is 2.26 bits per heavy atom. The normalized spacial score (nSPS) is 20.2. The molecule has 0 radical (unpaired) electrons. The molecular formula is C16H27N3. The van der Waals surface area contributed by atoms with E-state index in [9.17, 15) is 0 Å². The first kappa shape index (κ1) is 14.5. The van der Waals surface area contributed by atoms with Gasteiger partial charge in [-0.05, 0) is 64.3 Å². The first-order valence-electron chi connectivity index (χ1n) is 7.51. The van der Waals surface area contributed by atoms with E-state index < -0.39 is 0 Å². The topological polar surface area (TPSA) is 28.2 Å². The third-order valence-corrected chi connectivity index (χ3v) is 3.98. The lowest BCUT2D eigenvalue weighted by Crippen LogP contribution is -2.40. The molecule has 1 saturated heterocycles. The van der Waals surface area contributed by atoms with Gasteiger partial charge in [-0.2, -0.15) is 0 Å². The van der Waals surface area contributed by atoms with Gasteiger partial charge in [0, 0.05) is 31.0 Å². The SMILES string of the molecule is Cc1ccc(CN(CC2CCCNC2)C(C)C)cn1. The lowest BCUT2D eigenvalue weighted by molar-refractivity contribution is 0.164. The molecule has 1 fully saturated rings. The van der Waals surface area contributed by atoms with Crippen LogP contribution in [0.15, 0.2) is 18.3 Å². The highest BCUT2D eigenvalue weighted by Crippen LogP contribution is 2.16. The minimum atomic E-state index is 0.586. The van der Waals surface area contributed by atoms with Crippen LogP contribution in [0.2, 0.25) is 0 Å². The Balaban J connectivity index is 1.93. The van der Waals surface area contributed by atoms with Gasteiger partial charge in [-0.15, -0.1) is 0 Å². The van der Waals surface area contributed by atoms with E-state index in [0.29, 0.717) is 6.04 Å². The van der Waals surface area contributed by atoms with Crippen LogP contribution >= 0.6 is 0 Å². The van der Waals surface area contributed by atoms with E-state index in [-0.39, 0.29) is 0 Å². The lowest BCUT2D eigenvalue weighted by atomic mass is 9.98. The standard InChI is InChI=1S/C16H27N3/c1-13(2)19(11-15-5-4-8-17-9-15)12-16-7-6-14(3)18-10-16/h6-7,10,13,15,17H,4-5,8-9,11-12H2,1-3H3. The number of rotatable bonds is 5. The van der Waals surface area contributed by atoms with Crippen molar-refractivity contribution in [3.63, 3.8) is 0 Å². The van der Waals surface area contributed by atoms with Crippen molar-refractivity contribution in [3.8, 4) is 0 Å². The van der Waals surface area contributed by atoms with E-state index in [1.54, 1.807) is 0 Å². The van der Waals surface area contributed by atoms with Gasteiger partial charge < -0.3 is 5.32 Å². The number of aromatic nitrogens is 1. The minimum absolute atomic E-state index is 0.586. The number of hydrogen-bond acceptors (Lipinski definition) is 3. The molecule has 1 aliphatic heterocycles. The maximum atomic E-state index is 4.40. The third kappa shape index (κ3) is 4.59. The summed E-state index contributed by atoms with van der Waals surface area (Å²) in [4.78, 5) is 6.97. The summed E-state index contributed by atoms with van der Waals surface area (Å²) in [6.45, 7) is 11.2. The molecule has 0 saturated carbocycles. The van der Waals surface area contributed by atoms with Gasteiger partial charge in [0.2, 0.25) is 0 Å². The molecule has 3 nitrogen and oxygen atoms in total. The zero-order valence-corrected chi connectivity index (χ0v) is 12.5. The van der Waals surface area contributed by atoms with Crippen molar-refractivity contribution in [3.05, 3.63) is 29.6 Å². The van der Waals surface area contributed by atoms with Crippen molar-refractivity contribution in [1.29, 1.82) is 0 Å². The van der Waals surface area contributed by atoms with E-state index in [1.807, 2.05) is 13.1 Å². The summed E-state index contributed by atoms with van der Waals surface area (Å²) in [6, 6.07) is 4.90. The fourth-order valence-electron chi connectivity index (χ4n) is 2.70. The van der Waals surface area contributed by atoms with Crippen molar-refractivity contribution in [2.24, 2.45) is 5.92 Å².